The fraction of sp³-hybridized carbons (Fsp3) is 0.783. The molecule has 3 rings (SSSR count). The summed E-state index contributed by atoms with van der Waals surface area (Å²) >= 11 is 0. The van der Waals surface area contributed by atoms with Gasteiger partial charge in [-0.25, -0.2) is 9.37 Å². The molecule has 0 spiro atoms. The van der Waals surface area contributed by atoms with E-state index in [9.17, 15) is 4.39 Å². The van der Waals surface area contributed by atoms with E-state index in [0.29, 0.717) is 24.4 Å². The minimum Gasteiger partial charge on any atom is -0.354 e. The Balaban J connectivity index is 1.55. The van der Waals surface area contributed by atoms with Gasteiger partial charge in [0.05, 0.1) is 0 Å². The highest BCUT2D eigenvalue weighted by atomic mass is 19.1. The summed E-state index contributed by atoms with van der Waals surface area (Å²) in [6, 6.07) is 5.58. The molecule has 0 bridgehead atoms. The standard InChI is InChI=1S/C23H38FN3/c1-5-22(24)19-10-13-26(14-11-19)18(4)15-21-7-6-12-27(21)23-9-8-20(16-25-23)17(2)3/h8-9,16-19,21-22H,5-7,10-15H2,1-4H3. The molecule has 3 nitrogen and oxygen atoms in total. The van der Waals surface area contributed by atoms with Crippen LogP contribution in [-0.2, 0) is 0 Å². The summed E-state index contributed by atoms with van der Waals surface area (Å²) in [6.45, 7) is 12.0. The molecule has 27 heavy (non-hydrogen) atoms. The normalized spacial score (nSPS) is 24.5. The number of hydrogen-bond acceptors (Lipinski definition) is 3. The summed E-state index contributed by atoms with van der Waals surface area (Å²) in [5.74, 6) is 1.95. The van der Waals surface area contributed by atoms with Gasteiger partial charge >= 0.3 is 0 Å². The summed E-state index contributed by atoms with van der Waals surface area (Å²) < 4.78 is 14.0. The number of aromatic nitrogens is 1. The van der Waals surface area contributed by atoms with E-state index in [-0.39, 0.29) is 5.92 Å². The maximum absolute atomic E-state index is 14.0. The minimum absolute atomic E-state index is 0.283. The Labute approximate surface area is 165 Å². The summed E-state index contributed by atoms with van der Waals surface area (Å²) in [5.41, 5.74) is 1.31. The van der Waals surface area contributed by atoms with Gasteiger partial charge in [0.25, 0.3) is 0 Å². The lowest BCUT2D eigenvalue weighted by Gasteiger charge is -2.39. The summed E-state index contributed by atoms with van der Waals surface area (Å²) in [4.78, 5) is 9.87. The first-order valence-corrected chi connectivity index (χ1v) is 11.1. The molecule has 0 aromatic carbocycles. The van der Waals surface area contributed by atoms with Crippen molar-refractivity contribution in [1.82, 2.24) is 9.88 Å². The van der Waals surface area contributed by atoms with E-state index in [4.69, 9.17) is 4.98 Å². The van der Waals surface area contributed by atoms with Crippen molar-refractivity contribution in [3.63, 3.8) is 0 Å². The lowest BCUT2D eigenvalue weighted by atomic mass is 9.89. The molecule has 4 heteroatoms. The number of likely N-dealkylation sites (tertiary alicyclic amines) is 1. The lowest BCUT2D eigenvalue weighted by molar-refractivity contribution is 0.0892. The SMILES string of the molecule is CCC(F)C1CCN(C(C)CC2CCCN2c2ccc(C(C)C)cn2)CC1. The topological polar surface area (TPSA) is 19.4 Å². The van der Waals surface area contributed by atoms with E-state index in [0.717, 1.165) is 38.3 Å². The Bertz CT molecular complexity index is 565. The highest BCUT2D eigenvalue weighted by Crippen LogP contribution is 2.31. The molecular weight excluding hydrogens is 337 g/mol. The molecule has 2 aliphatic rings. The zero-order chi connectivity index (χ0) is 19.4. The second kappa shape index (κ2) is 9.36. The summed E-state index contributed by atoms with van der Waals surface area (Å²) in [6.07, 6.45) is 7.85. The first kappa shape index (κ1) is 20.6. The maximum Gasteiger partial charge on any atom is 0.128 e. The third-order valence-electron chi connectivity index (χ3n) is 6.82. The van der Waals surface area contributed by atoms with Crippen LogP contribution in [0.1, 0.15) is 77.7 Å². The van der Waals surface area contributed by atoms with E-state index in [1.54, 1.807) is 0 Å². The van der Waals surface area contributed by atoms with Crippen LogP contribution < -0.4 is 4.90 Å². The largest absolute Gasteiger partial charge is 0.354 e. The van der Waals surface area contributed by atoms with Crippen LogP contribution in [0.4, 0.5) is 10.2 Å². The molecule has 1 aromatic heterocycles. The number of alkyl halides is 1. The Morgan fingerprint density at radius 2 is 1.85 bits per heavy atom. The molecular formula is C23H38FN3. The molecule has 0 aliphatic carbocycles. The van der Waals surface area contributed by atoms with Gasteiger partial charge in [-0.15, -0.1) is 0 Å². The number of halogens is 1. The molecule has 2 saturated heterocycles. The van der Waals surface area contributed by atoms with Gasteiger partial charge in [-0.05, 0) is 82.0 Å². The number of piperidine rings is 1. The van der Waals surface area contributed by atoms with E-state index in [2.05, 4.69) is 42.7 Å². The molecule has 152 valence electrons. The monoisotopic (exact) mass is 375 g/mol. The third kappa shape index (κ3) is 5.01. The van der Waals surface area contributed by atoms with Crippen LogP contribution in [0.5, 0.6) is 0 Å². The Hall–Kier alpha value is -1.16. The van der Waals surface area contributed by atoms with E-state index in [1.807, 2.05) is 13.1 Å². The lowest BCUT2D eigenvalue weighted by Crippen LogP contribution is -2.44. The van der Waals surface area contributed by atoms with Crippen LogP contribution in [0.3, 0.4) is 0 Å². The quantitative estimate of drug-likeness (QED) is 0.635. The van der Waals surface area contributed by atoms with Crippen LogP contribution in [-0.4, -0.2) is 47.8 Å². The van der Waals surface area contributed by atoms with Crippen LogP contribution >= 0.6 is 0 Å². The number of nitrogens with zero attached hydrogens (tertiary/aromatic N) is 3. The average Bonchev–Trinajstić information content (AvgIpc) is 3.15. The molecule has 3 atom stereocenters. The molecule has 3 heterocycles. The highest BCUT2D eigenvalue weighted by molar-refractivity contribution is 5.42. The summed E-state index contributed by atoms with van der Waals surface area (Å²) in [7, 11) is 0. The number of anilines is 1. The van der Waals surface area contributed by atoms with Gasteiger partial charge in [-0.3, -0.25) is 0 Å². The second-order valence-electron chi connectivity index (χ2n) is 8.98. The van der Waals surface area contributed by atoms with Gasteiger partial charge < -0.3 is 9.80 Å². The number of hydrogen-bond donors (Lipinski definition) is 0. The van der Waals surface area contributed by atoms with Gasteiger partial charge in [0.2, 0.25) is 0 Å². The molecule has 0 radical (unpaired) electrons. The fourth-order valence-corrected chi connectivity index (χ4v) is 4.89. The summed E-state index contributed by atoms with van der Waals surface area (Å²) in [5, 5.41) is 0. The fourth-order valence-electron chi connectivity index (χ4n) is 4.89. The van der Waals surface area contributed by atoms with Crippen molar-refractivity contribution in [2.45, 2.75) is 90.4 Å². The zero-order valence-electron chi connectivity index (χ0n) is 17.7. The molecule has 0 saturated carbocycles. The van der Waals surface area contributed by atoms with Crippen LogP contribution in [0.25, 0.3) is 0 Å². The molecule has 3 unspecified atom stereocenters. The smallest absolute Gasteiger partial charge is 0.128 e. The average molecular weight is 376 g/mol. The van der Waals surface area contributed by atoms with Gasteiger partial charge in [0.15, 0.2) is 0 Å². The molecule has 1 aromatic rings. The molecule has 2 fully saturated rings. The number of rotatable bonds is 7. The molecule has 0 amide bonds. The minimum atomic E-state index is -0.604. The van der Waals surface area contributed by atoms with Crippen LogP contribution in [0.15, 0.2) is 18.3 Å². The van der Waals surface area contributed by atoms with Crippen molar-refractivity contribution >= 4 is 5.82 Å². The highest BCUT2D eigenvalue weighted by Gasteiger charge is 2.31. The second-order valence-corrected chi connectivity index (χ2v) is 8.98. The third-order valence-corrected chi connectivity index (χ3v) is 6.82. The van der Waals surface area contributed by atoms with Gasteiger partial charge in [0, 0.05) is 24.8 Å². The Morgan fingerprint density at radius 3 is 2.44 bits per heavy atom. The zero-order valence-corrected chi connectivity index (χ0v) is 17.7. The van der Waals surface area contributed by atoms with Crippen molar-refractivity contribution in [2.75, 3.05) is 24.5 Å². The first-order valence-electron chi connectivity index (χ1n) is 11.1. The van der Waals surface area contributed by atoms with Crippen LogP contribution in [0.2, 0.25) is 0 Å². The van der Waals surface area contributed by atoms with E-state index >= 15 is 0 Å². The molecule has 0 N–H and O–H groups in total. The Kier molecular flexibility index (Phi) is 7.13. The van der Waals surface area contributed by atoms with Crippen molar-refractivity contribution in [3.8, 4) is 0 Å². The van der Waals surface area contributed by atoms with Crippen molar-refractivity contribution in [3.05, 3.63) is 23.9 Å². The van der Waals surface area contributed by atoms with Crippen molar-refractivity contribution in [1.29, 1.82) is 0 Å². The predicted octanol–water partition coefficient (Wildman–Crippen LogP) is 5.41. The predicted molar refractivity (Wildman–Crippen MR) is 112 cm³/mol. The molecule has 2 aliphatic heterocycles. The van der Waals surface area contributed by atoms with E-state index in [1.165, 1.54) is 24.8 Å². The van der Waals surface area contributed by atoms with Gasteiger partial charge in [0.1, 0.15) is 12.0 Å². The van der Waals surface area contributed by atoms with Crippen molar-refractivity contribution < 1.29 is 4.39 Å². The van der Waals surface area contributed by atoms with Gasteiger partial charge in [-0.1, -0.05) is 26.8 Å². The van der Waals surface area contributed by atoms with E-state index < -0.39 is 6.17 Å². The maximum atomic E-state index is 14.0. The van der Waals surface area contributed by atoms with Crippen molar-refractivity contribution in [2.24, 2.45) is 5.92 Å². The first-order chi connectivity index (χ1) is 13.0. The number of pyridine rings is 1. The van der Waals surface area contributed by atoms with Gasteiger partial charge in [-0.2, -0.15) is 0 Å². The van der Waals surface area contributed by atoms with Crippen LogP contribution in [0, 0.1) is 5.92 Å². The Morgan fingerprint density at radius 1 is 1.11 bits per heavy atom.